The van der Waals surface area contributed by atoms with E-state index in [0.717, 1.165) is 61.9 Å². The van der Waals surface area contributed by atoms with Gasteiger partial charge in [0.2, 0.25) is 5.91 Å². The first-order chi connectivity index (χ1) is 30.4. The highest BCUT2D eigenvalue weighted by molar-refractivity contribution is 6.07. The molecule has 2 aromatic heterocycles. The maximum absolute atomic E-state index is 14.3. The van der Waals surface area contributed by atoms with Crippen LogP contribution in [0.1, 0.15) is 81.4 Å². The Hall–Kier alpha value is -6.90. The molecule has 0 aliphatic carbocycles. The van der Waals surface area contributed by atoms with Crippen molar-refractivity contribution >= 4 is 45.8 Å². The lowest BCUT2D eigenvalue weighted by molar-refractivity contribution is -0.136. The molecule has 15 nitrogen and oxygen atoms in total. The molecule has 0 bridgehead atoms. The predicted octanol–water partition coefficient (Wildman–Crippen LogP) is 7.96. The Morgan fingerprint density at radius 3 is 2.21 bits per heavy atom. The SMILES string of the molecule is COC(=O)N[C@H](C(=O)N1C[C@@H](C)C[C@H]1c1ncc(-c2ccc3c(c2)COc2cc4c(ccc5nc([C@@H]6C[C@H](C)CN6C(=O)[C@H](NC(=O)OC)c6ccccc6)[nH]c54)cc2-3)[nH]1)C(C)C. The van der Waals surface area contributed by atoms with Crippen molar-refractivity contribution in [1.29, 1.82) is 0 Å². The Balaban J connectivity index is 0.972. The van der Waals surface area contributed by atoms with Crippen LogP contribution in [0, 0.1) is 17.8 Å². The molecule has 3 aliphatic rings. The molecule has 0 unspecified atom stereocenters. The zero-order chi connectivity index (χ0) is 44.1. The summed E-state index contributed by atoms with van der Waals surface area (Å²) in [6.45, 7) is 9.50. The summed E-state index contributed by atoms with van der Waals surface area (Å²) < 4.78 is 16.1. The fourth-order valence-corrected chi connectivity index (χ4v) is 9.54. The van der Waals surface area contributed by atoms with Gasteiger partial charge in [-0.05, 0) is 82.5 Å². The standard InChI is InChI=1S/C48H52N8O7/c1-25(2)40(53-47(59)61-5)45(57)55-22-26(3)16-37(55)43-49-21-36(51-43)30-12-14-32-31(18-30)24-63-39-20-33-29(19-34(32)39)13-15-35-42(33)52-44(50-35)38-17-27(4)23-56(38)46(58)41(54-48(60)62-6)28-10-8-7-9-11-28/h7-15,18-21,25-27,37-38,40-41H,16-17,22-24H2,1-6H3,(H,49,51)(H,50,52)(H,53,59)(H,54,60)/t26-,27-,37-,38-,40-,41+/m0/s1. The van der Waals surface area contributed by atoms with Gasteiger partial charge in [0.1, 0.15) is 36.1 Å². The van der Waals surface area contributed by atoms with Crippen LogP contribution >= 0.6 is 0 Å². The highest BCUT2D eigenvalue weighted by Crippen LogP contribution is 2.44. The smallest absolute Gasteiger partial charge is 0.407 e. The molecule has 4 aromatic carbocycles. The monoisotopic (exact) mass is 852 g/mol. The number of methoxy groups -OCH3 is 2. The van der Waals surface area contributed by atoms with Gasteiger partial charge in [0, 0.05) is 24.0 Å². The van der Waals surface area contributed by atoms with E-state index in [2.05, 4.69) is 70.8 Å². The van der Waals surface area contributed by atoms with Gasteiger partial charge in [0.05, 0.1) is 49.2 Å². The first-order valence-electron chi connectivity index (χ1n) is 21.5. The number of imidazole rings is 2. The molecule has 2 saturated heterocycles. The molecule has 0 saturated carbocycles. The number of hydrogen-bond acceptors (Lipinski definition) is 9. The van der Waals surface area contributed by atoms with Crippen LogP contribution in [-0.2, 0) is 25.7 Å². The number of ether oxygens (including phenoxy) is 3. The molecule has 15 heteroatoms. The highest BCUT2D eigenvalue weighted by atomic mass is 16.5. The fraction of sp³-hybridized carbons (Fsp3) is 0.375. The molecule has 0 radical (unpaired) electrons. The van der Waals surface area contributed by atoms with Crippen molar-refractivity contribution in [2.24, 2.45) is 17.8 Å². The quantitative estimate of drug-likeness (QED) is 0.112. The molecular weight excluding hydrogens is 801 g/mol. The van der Waals surface area contributed by atoms with Crippen molar-refractivity contribution in [3.05, 3.63) is 102 Å². The van der Waals surface area contributed by atoms with Crippen molar-refractivity contribution < 1.29 is 33.4 Å². The number of carbonyl (C=O) groups excluding carboxylic acids is 4. The second-order valence-electron chi connectivity index (χ2n) is 17.5. The van der Waals surface area contributed by atoms with Crippen LogP contribution in [0.4, 0.5) is 9.59 Å². The van der Waals surface area contributed by atoms with Crippen molar-refractivity contribution in [3.8, 4) is 28.1 Å². The Morgan fingerprint density at radius 1 is 0.794 bits per heavy atom. The normalized spacial score (nSPS) is 20.2. The van der Waals surface area contributed by atoms with Gasteiger partial charge in [0.25, 0.3) is 5.91 Å². The minimum absolute atomic E-state index is 0.129. The zero-order valence-corrected chi connectivity index (χ0v) is 36.2. The van der Waals surface area contributed by atoms with Crippen molar-refractivity contribution in [1.82, 2.24) is 40.4 Å². The number of likely N-dealkylation sites (tertiary alicyclic amines) is 2. The summed E-state index contributed by atoms with van der Waals surface area (Å²) in [5.41, 5.74) is 7.21. The Bertz CT molecular complexity index is 2730. The Morgan fingerprint density at radius 2 is 1.49 bits per heavy atom. The molecule has 4 N–H and O–H groups in total. The van der Waals surface area contributed by atoms with Crippen LogP contribution in [0.25, 0.3) is 44.2 Å². The van der Waals surface area contributed by atoms with E-state index < -0.39 is 24.3 Å². The van der Waals surface area contributed by atoms with Crippen LogP contribution in [0.3, 0.4) is 0 Å². The minimum atomic E-state index is -0.915. The van der Waals surface area contributed by atoms with Gasteiger partial charge in [-0.15, -0.1) is 0 Å². The van der Waals surface area contributed by atoms with E-state index in [9.17, 15) is 19.2 Å². The second kappa shape index (κ2) is 16.8. The number of nitrogens with zero attached hydrogens (tertiary/aromatic N) is 4. The topological polar surface area (TPSA) is 184 Å². The molecule has 4 amide bonds. The third-order valence-corrected chi connectivity index (χ3v) is 12.7. The predicted molar refractivity (Wildman–Crippen MR) is 236 cm³/mol. The molecule has 3 aliphatic heterocycles. The molecule has 63 heavy (non-hydrogen) atoms. The van der Waals surface area contributed by atoms with Crippen LogP contribution in [-0.4, -0.2) is 87.1 Å². The van der Waals surface area contributed by atoms with Gasteiger partial charge in [-0.25, -0.2) is 19.6 Å². The lowest BCUT2D eigenvalue weighted by atomic mass is 9.92. The van der Waals surface area contributed by atoms with E-state index in [0.29, 0.717) is 43.3 Å². The third-order valence-electron chi connectivity index (χ3n) is 12.7. The number of aromatic nitrogens is 4. The number of hydrogen-bond donors (Lipinski definition) is 4. The van der Waals surface area contributed by atoms with Gasteiger partial charge in [0.15, 0.2) is 0 Å². The van der Waals surface area contributed by atoms with E-state index in [1.54, 1.807) is 0 Å². The number of aromatic amines is 2. The van der Waals surface area contributed by atoms with E-state index in [1.165, 1.54) is 14.2 Å². The lowest BCUT2D eigenvalue weighted by Gasteiger charge is -2.30. The van der Waals surface area contributed by atoms with Gasteiger partial charge in [-0.1, -0.05) is 76.2 Å². The van der Waals surface area contributed by atoms with E-state index in [1.807, 2.05) is 66.2 Å². The third kappa shape index (κ3) is 7.80. The summed E-state index contributed by atoms with van der Waals surface area (Å²) >= 11 is 0. The number of rotatable bonds is 9. The molecule has 6 atom stereocenters. The Kier molecular flexibility index (Phi) is 11.0. The number of nitrogens with one attached hydrogen (secondary N) is 4. The molecule has 0 spiro atoms. The maximum Gasteiger partial charge on any atom is 0.407 e. The molecule has 2 fully saturated rings. The maximum atomic E-state index is 14.3. The zero-order valence-electron chi connectivity index (χ0n) is 36.2. The largest absolute Gasteiger partial charge is 0.488 e. The van der Waals surface area contributed by atoms with E-state index in [4.69, 9.17) is 24.2 Å². The van der Waals surface area contributed by atoms with Crippen molar-refractivity contribution in [3.63, 3.8) is 0 Å². The van der Waals surface area contributed by atoms with Gasteiger partial charge in [-0.2, -0.15) is 0 Å². The first kappa shape index (κ1) is 41.5. The second-order valence-corrected chi connectivity index (χ2v) is 17.5. The minimum Gasteiger partial charge on any atom is -0.488 e. The molecule has 6 aromatic rings. The van der Waals surface area contributed by atoms with Crippen molar-refractivity contribution in [2.75, 3.05) is 27.3 Å². The lowest BCUT2D eigenvalue weighted by Crippen LogP contribution is -2.51. The number of fused-ring (bicyclic) bond motifs is 6. The molecular formula is C48H52N8O7. The Labute approximate surface area is 364 Å². The summed E-state index contributed by atoms with van der Waals surface area (Å²) in [6.07, 6.45) is 1.97. The molecule has 5 heterocycles. The summed E-state index contributed by atoms with van der Waals surface area (Å²) in [5, 5.41) is 7.44. The average molecular weight is 853 g/mol. The van der Waals surface area contributed by atoms with Crippen LogP contribution in [0.15, 0.2) is 79.0 Å². The number of amides is 4. The number of carbonyl (C=O) groups is 4. The molecule has 9 rings (SSSR count). The van der Waals surface area contributed by atoms with Crippen LogP contribution < -0.4 is 15.4 Å². The van der Waals surface area contributed by atoms with Gasteiger partial charge < -0.3 is 44.6 Å². The van der Waals surface area contributed by atoms with Crippen LogP contribution in [0.5, 0.6) is 5.75 Å². The summed E-state index contributed by atoms with van der Waals surface area (Å²) in [7, 11) is 2.58. The fourth-order valence-electron chi connectivity index (χ4n) is 9.54. The number of benzene rings is 4. The van der Waals surface area contributed by atoms with E-state index >= 15 is 0 Å². The average Bonchev–Trinajstić information content (AvgIpc) is 4.12. The molecule has 326 valence electrons. The summed E-state index contributed by atoms with van der Waals surface area (Å²) in [6, 6.07) is 21.6. The van der Waals surface area contributed by atoms with E-state index in [-0.39, 0.29) is 41.7 Å². The summed E-state index contributed by atoms with van der Waals surface area (Å²) in [5.74, 6) is 2.13. The summed E-state index contributed by atoms with van der Waals surface area (Å²) in [4.78, 5) is 73.1. The van der Waals surface area contributed by atoms with Crippen molar-refractivity contribution in [2.45, 2.75) is 71.3 Å². The number of H-pyrrole nitrogens is 2. The first-order valence-corrected chi connectivity index (χ1v) is 21.5. The van der Waals surface area contributed by atoms with Gasteiger partial charge in [-0.3, -0.25) is 9.59 Å². The van der Waals surface area contributed by atoms with Crippen LogP contribution in [0.2, 0.25) is 0 Å². The highest BCUT2D eigenvalue weighted by Gasteiger charge is 2.41. The number of alkyl carbamates (subject to hydrolysis) is 2. The van der Waals surface area contributed by atoms with Gasteiger partial charge >= 0.3 is 12.2 Å².